The highest BCUT2D eigenvalue weighted by atomic mass is 79.9. The maximum Gasteiger partial charge on any atom is 0.310 e. The predicted octanol–water partition coefficient (Wildman–Crippen LogP) is 4.43. The van der Waals surface area contributed by atoms with E-state index in [0.717, 1.165) is 36.6 Å². The highest BCUT2D eigenvalue weighted by Gasteiger charge is 2.20. The van der Waals surface area contributed by atoms with E-state index in [1.165, 1.54) is 6.42 Å². The fourth-order valence-electron chi connectivity index (χ4n) is 3.03. The number of Topliss-reactive ketones (excluding diaryl/α,β-unsaturated/α-hetero) is 1. The van der Waals surface area contributed by atoms with E-state index in [1.54, 1.807) is 6.07 Å². The minimum atomic E-state index is -0.228. The van der Waals surface area contributed by atoms with Crippen LogP contribution in [0.5, 0.6) is 0 Å². The first-order valence-electron chi connectivity index (χ1n) is 7.97. The number of furan rings is 1. The molecular formula is C18H19BrO4. The van der Waals surface area contributed by atoms with Crippen LogP contribution in [-0.4, -0.2) is 23.2 Å². The average molecular weight is 379 g/mol. The van der Waals surface area contributed by atoms with Crippen molar-refractivity contribution in [2.45, 2.75) is 44.6 Å². The van der Waals surface area contributed by atoms with E-state index in [1.807, 2.05) is 18.2 Å². The van der Waals surface area contributed by atoms with E-state index >= 15 is 0 Å². The van der Waals surface area contributed by atoms with Crippen molar-refractivity contribution < 1.29 is 18.7 Å². The monoisotopic (exact) mass is 378 g/mol. The Labute approximate surface area is 143 Å². The number of hydrogen-bond donors (Lipinski definition) is 0. The minimum absolute atomic E-state index is 0.0533. The minimum Gasteiger partial charge on any atom is -0.462 e. The standard InChI is InChI=1S/C18H19BrO4/c19-11-15(20)16-9-12-5-4-6-13(18(12)23-16)10-17(21)22-14-7-2-1-3-8-14/h4-6,9,14H,1-3,7-8,10-11H2. The molecule has 0 spiro atoms. The van der Waals surface area contributed by atoms with Gasteiger partial charge in [-0.25, -0.2) is 0 Å². The van der Waals surface area contributed by atoms with Gasteiger partial charge in [0.25, 0.3) is 0 Å². The second-order valence-electron chi connectivity index (χ2n) is 5.93. The van der Waals surface area contributed by atoms with E-state index in [9.17, 15) is 9.59 Å². The summed E-state index contributed by atoms with van der Waals surface area (Å²) >= 11 is 3.14. The molecule has 1 fully saturated rings. The number of esters is 1. The number of carbonyl (C=O) groups excluding carboxylic acids is 2. The number of fused-ring (bicyclic) bond motifs is 1. The molecule has 122 valence electrons. The molecule has 0 radical (unpaired) electrons. The normalized spacial score (nSPS) is 15.7. The first-order chi connectivity index (χ1) is 11.2. The van der Waals surface area contributed by atoms with Crippen LogP contribution in [0.4, 0.5) is 0 Å². The lowest BCUT2D eigenvalue weighted by Gasteiger charge is -2.21. The molecule has 5 heteroatoms. The number of halogens is 1. The van der Waals surface area contributed by atoms with E-state index < -0.39 is 0 Å². The Kier molecular flexibility index (Phi) is 5.16. The maximum atomic E-state index is 12.2. The molecule has 3 rings (SSSR count). The molecule has 1 aromatic carbocycles. The number of ether oxygens (including phenoxy) is 1. The lowest BCUT2D eigenvalue weighted by atomic mass is 9.98. The molecule has 0 saturated heterocycles. The average Bonchev–Trinajstić information content (AvgIpc) is 3.00. The van der Waals surface area contributed by atoms with Crippen LogP contribution < -0.4 is 0 Å². The number of ketones is 1. The van der Waals surface area contributed by atoms with Gasteiger partial charge in [-0.15, -0.1) is 0 Å². The van der Waals surface area contributed by atoms with Crippen molar-refractivity contribution in [1.29, 1.82) is 0 Å². The molecule has 1 aliphatic rings. The van der Waals surface area contributed by atoms with Crippen molar-refractivity contribution in [2.24, 2.45) is 0 Å². The van der Waals surface area contributed by atoms with Gasteiger partial charge in [0.1, 0.15) is 11.7 Å². The van der Waals surface area contributed by atoms with Crippen molar-refractivity contribution in [3.63, 3.8) is 0 Å². The van der Waals surface area contributed by atoms with Crippen LogP contribution in [0.1, 0.15) is 48.2 Å². The van der Waals surface area contributed by atoms with Crippen LogP contribution in [0, 0.1) is 0 Å². The molecule has 23 heavy (non-hydrogen) atoms. The summed E-state index contributed by atoms with van der Waals surface area (Å²) in [6, 6.07) is 7.30. The van der Waals surface area contributed by atoms with Crippen molar-refractivity contribution in [3.8, 4) is 0 Å². The van der Waals surface area contributed by atoms with Gasteiger partial charge in [0.2, 0.25) is 5.78 Å². The van der Waals surface area contributed by atoms with Crippen molar-refractivity contribution >= 4 is 38.7 Å². The molecule has 0 aliphatic heterocycles. The molecule has 1 heterocycles. The Hall–Kier alpha value is -1.62. The van der Waals surface area contributed by atoms with Gasteiger partial charge < -0.3 is 9.15 Å². The first-order valence-corrected chi connectivity index (χ1v) is 9.09. The number of benzene rings is 1. The van der Waals surface area contributed by atoms with E-state index in [2.05, 4.69) is 15.9 Å². The summed E-state index contributed by atoms with van der Waals surface area (Å²) in [4.78, 5) is 23.9. The largest absolute Gasteiger partial charge is 0.462 e. The van der Waals surface area contributed by atoms with Gasteiger partial charge in [-0.2, -0.15) is 0 Å². The summed E-state index contributed by atoms with van der Waals surface area (Å²) in [6.07, 6.45) is 5.62. The van der Waals surface area contributed by atoms with Gasteiger partial charge in [0.05, 0.1) is 11.8 Å². The van der Waals surface area contributed by atoms with Gasteiger partial charge in [-0.05, 0) is 31.7 Å². The molecule has 0 amide bonds. The zero-order valence-electron chi connectivity index (χ0n) is 12.8. The van der Waals surface area contributed by atoms with Gasteiger partial charge in [-0.1, -0.05) is 40.5 Å². The third kappa shape index (κ3) is 3.83. The van der Waals surface area contributed by atoms with Gasteiger partial charge in [-0.3, -0.25) is 9.59 Å². The lowest BCUT2D eigenvalue weighted by Crippen LogP contribution is -2.21. The summed E-state index contributed by atoms with van der Waals surface area (Å²) in [6.45, 7) is 0. The number of rotatable bonds is 5. The Morgan fingerprint density at radius 3 is 2.74 bits per heavy atom. The molecular weight excluding hydrogens is 360 g/mol. The van der Waals surface area contributed by atoms with Crippen molar-refractivity contribution in [1.82, 2.24) is 0 Å². The number of alkyl halides is 1. The van der Waals surface area contributed by atoms with Crippen LogP contribution in [0.25, 0.3) is 11.0 Å². The van der Waals surface area contributed by atoms with Crippen molar-refractivity contribution in [3.05, 3.63) is 35.6 Å². The summed E-state index contributed by atoms with van der Waals surface area (Å²) < 4.78 is 11.2. The summed E-state index contributed by atoms with van der Waals surface area (Å²) in [7, 11) is 0. The Morgan fingerprint density at radius 1 is 1.22 bits per heavy atom. The summed E-state index contributed by atoms with van der Waals surface area (Å²) in [5.74, 6) is -0.0314. The van der Waals surface area contributed by atoms with Crippen LogP contribution in [0.2, 0.25) is 0 Å². The molecule has 1 saturated carbocycles. The molecule has 2 aromatic rings. The Morgan fingerprint density at radius 2 is 2.00 bits per heavy atom. The molecule has 0 bridgehead atoms. The van der Waals surface area contributed by atoms with Gasteiger partial charge in [0.15, 0.2) is 5.76 Å². The van der Waals surface area contributed by atoms with Crippen LogP contribution in [-0.2, 0) is 16.0 Å². The zero-order chi connectivity index (χ0) is 16.2. The smallest absolute Gasteiger partial charge is 0.310 e. The number of hydrogen-bond acceptors (Lipinski definition) is 4. The Balaban J connectivity index is 1.75. The van der Waals surface area contributed by atoms with Crippen molar-refractivity contribution in [2.75, 3.05) is 5.33 Å². The van der Waals surface area contributed by atoms with E-state index in [-0.39, 0.29) is 29.6 Å². The molecule has 0 N–H and O–H groups in total. The topological polar surface area (TPSA) is 56.5 Å². The van der Waals surface area contributed by atoms with Crippen LogP contribution in [0.3, 0.4) is 0 Å². The fraction of sp³-hybridized carbons (Fsp3) is 0.444. The van der Waals surface area contributed by atoms with E-state index in [4.69, 9.17) is 9.15 Å². The Bertz CT molecular complexity index is 713. The SMILES string of the molecule is O=C(Cc1cccc2cc(C(=O)CBr)oc12)OC1CCCCC1. The molecule has 1 aromatic heterocycles. The third-order valence-electron chi connectivity index (χ3n) is 4.21. The number of para-hydroxylation sites is 1. The highest BCUT2D eigenvalue weighted by molar-refractivity contribution is 9.09. The van der Waals surface area contributed by atoms with E-state index in [0.29, 0.717) is 11.3 Å². The molecule has 4 nitrogen and oxygen atoms in total. The molecule has 0 unspecified atom stereocenters. The third-order valence-corrected chi connectivity index (χ3v) is 4.72. The first kappa shape index (κ1) is 16.2. The summed E-state index contributed by atoms with van der Waals surface area (Å²) in [5.41, 5.74) is 1.36. The van der Waals surface area contributed by atoms with Gasteiger partial charge >= 0.3 is 5.97 Å². The fourth-order valence-corrected chi connectivity index (χ4v) is 3.31. The lowest BCUT2D eigenvalue weighted by molar-refractivity contribution is -0.149. The quantitative estimate of drug-likeness (QED) is 0.438. The number of carbonyl (C=O) groups is 2. The molecule has 0 atom stereocenters. The highest BCUT2D eigenvalue weighted by Crippen LogP contribution is 2.25. The van der Waals surface area contributed by atoms with Crippen LogP contribution >= 0.6 is 15.9 Å². The second kappa shape index (κ2) is 7.30. The maximum absolute atomic E-state index is 12.2. The molecule has 1 aliphatic carbocycles. The van der Waals surface area contributed by atoms with Gasteiger partial charge in [0, 0.05) is 10.9 Å². The second-order valence-corrected chi connectivity index (χ2v) is 6.49. The van der Waals surface area contributed by atoms with Crippen LogP contribution in [0.15, 0.2) is 28.7 Å². The predicted molar refractivity (Wildman–Crippen MR) is 91.0 cm³/mol. The summed E-state index contributed by atoms with van der Waals surface area (Å²) in [5, 5.41) is 1.04. The zero-order valence-corrected chi connectivity index (χ0v) is 14.4.